The van der Waals surface area contributed by atoms with E-state index in [1.807, 2.05) is 30.3 Å². The molecule has 2 aliphatic rings. The Kier molecular flexibility index (Phi) is 9.14. The van der Waals surface area contributed by atoms with Crippen LogP contribution in [0.4, 0.5) is 29.3 Å². The van der Waals surface area contributed by atoms with E-state index in [9.17, 15) is 27.6 Å². The van der Waals surface area contributed by atoms with Gasteiger partial charge in [0.25, 0.3) is 5.91 Å². The Morgan fingerprint density at radius 1 is 0.872 bits per heavy atom. The fraction of sp³-hybridized carbons (Fsp3) is 0.294. The van der Waals surface area contributed by atoms with E-state index in [0.29, 0.717) is 44.7 Å². The molecule has 2 fully saturated rings. The lowest BCUT2D eigenvalue weighted by atomic mass is 10.1. The molecule has 3 heterocycles. The average molecular weight is 648 g/mol. The van der Waals surface area contributed by atoms with Crippen LogP contribution in [-0.2, 0) is 22.3 Å². The topological polar surface area (TPSA) is 108 Å². The summed E-state index contributed by atoms with van der Waals surface area (Å²) in [6.07, 6.45) is -4.10. The van der Waals surface area contributed by atoms with Crippen molar-refractivity contribution in [3.05, 3.63) is 102 Å². The maximum Gasteiger partial charge on any atom is 0.452 e. The minimum Gasteiger partial charge on any atom is -0.445 e. The van der Waals surface area contributed by atoms with Gasteiger partial charge in [0.1, 0.15) is 12.6 Å². The van der Waals surface area contributed by atoms with Crippen molar-refractivity contribution in [2.45, 2.75) is 31.7 Å². The lowest BCUT2D eigenvalue weighted by Crippen LogP contribution is -2.54. The highest BCUT2D eigenvalue weighted by atomic mass is 19.4. The van der Waals surface area contributed by atoms with Crippen LogP contribution in [0.2, 0.25) is 0 Å². The van der Waals surface area contributed by atoms with E-state index in [1.165, 1.54) is 17.0 Å². The maximum atomic E-state index is 13.7. The number of piperazine rings is 1. The second kappa shape index (κ2) is 13.6. The lowest BCUT2D eigenvalue weighted by molar-refractivity contribution is -0.153. The molecule has 0 unspecified atom stereocenters. The number of amides is 3. The molecule has 0 bridgehead atoms. The van der Waals surface area contributed by atoms with Gasteiger partial charge in [0.05, 0.1) is 0 Å². The number of oxazole rings is 1. The fourth-order valence-electron chi connectivity index (χ4n) is 5.76. The third-order valence-corrected chi connectivity index (χ3v) is 8.18. The minimum absolute atomic E-state index is 0.0987. The van der Waals surface area contributed by atoms with Crippen molar-refractivity contribution in [3.63, 3.8) is 0 Å². The van der Waals surface area contributed by atoms with Crippen LogP contribution in [0.15, 0.2) is 89.3 Å². The van der Waals surface area contributed by atoms with Gasteiger partial charge in [-0.05, 0) is 54.8 Å². The molecule has 10 nitrogen and oxygen atoms in total. The van der Waals surface area contributed by atoms with Crippen molar-refractivity contribution in [3.8, 4) is 11.5 Å². The first kappa shape index (κ1) is 31.6. The number of hydrogen-bond acceptors (Lipinski definition) is 7. The van der Waals surface area contributed by atoms with E-state index >= 15 is 0 Å². The van der Waals surface area contributed by atoms with Gasteiger partial charge in [0, 0.05) is 49.7 Å². The van der Waals surface area contributed by atoms with Gasteiger partial charge in [0.2, 0.25) is 17.6 Å². The minimum atomic E-state index is -4.91. The Morgan fingerprint density at radius 2 is 1.53 bits per heavy atom. The summed E-state index contributed by atoms with van der Waals surface area (Å²) in [6, 6.07) is 23.5. The standard InChI is InChI=1S/C34H32F3N5O5/c35-34(36,37)29-28(39-31(47-29)24-10-5-2-6-11-24)30(43)38-25-13-15-26(16-14-25)40-18-20-41(21-19-40)32(44)27-12-7-17-42(27)33(45)46-22-23-8-3-1-4-9-23/h1-6,8-11,13-16,27H,7,12,17-22H2,(H,38,43)/t27-/m1/s1. The van der Waals surface area contributed by atoms with E-state index < -0.39 is 35.7 Å². The zero-order chi connectivity index (χ0) is 33.0. The summed E-state index contributed by atoms with van der Waals surface area (Å²) in [5, 5.41) is 2.48. The van der Waals surface area contributed by atoms with Crippen LogP contribution >= 0.6 is 0 Å². The number of nitrogens with zero attached hydrogens (tertiary/aromatic N) is 4. The SMILES string of the molecule is O=C(Nc1ccc(N2CCN(C(=O)[C@H]3CCCN3C(=O)OCc3ccccc3)CC2)cc1)c1nc(-c2ccccc2)oc1C(F)(F)F. The van der Waals surface area contributed by atoms with Crippen LogP contribution < -0.4 is 10.2 Å². The Balaban J connectivity index is 1.03. The number of nitrogens with one attached hydrogen (secondary N) is 1. The molecule has 1 aromatic heterocycles. The van der Waals surface area contributed by atoms with Crippen LogP contribution in [-0.4, -0.2) is 71.5 Å². The molecule has 47 heavy (non-hydrogen) atoms. The molecule has 244 valence electrons. The highest BCUT2D eigenvalue weighted by Crippen LogP contribution is 2.35. The number of anilines is 2. The monoisotopic (exact) mass is 647 g/mol. The van der Waals surface area contributed by atoms with Crippen molar-refractivity contribution in [2.75, 3.05) is 42.9 Å². The molecule has 0 saturated carbocycles. The summed E-state index contributed by atoms with van der Waals surface area (Å²) in [5.74, 6) is -2.92. The number of aromatic nitrogens is 1. The smallest absolute Gasteiger partial charge is 0.445 e. The number of carbonyl (C=O) groups is 3. The largest absolute Gasteiger partial charge is 0.452 e. The number of ether oxygens (including phenoxy) is 1. The third kappa shape index (κ3) is 7.24. The van der Waals surface area contributed by atoms with E-state index in [-0.39, 0.29) is 24.1 Å². The van der Waals surface area contributed by atoms with Crippen molar-refractivity contribution in [2.24, 2.45) is 0 Å². The summed E-state index contributed by atoms with van der Waals surface area (Å²) in [5.41, 5.74) is 1.44. The van der Waals surface area contributed by atoms with E-state index in [4.69, 9.17) is 9.15 Å². The van der Waals surface area contributed by atoms with Crippen molar-refractivity contribution in [1.82, 2.24) is 14.8 Å². The molecule has 1 atom stereocenters. The van der Waals surface area contributed by atoms with Crippen LogP contribution in [0.3, 0.4) is 0 Å². The van der Waals surface area contributed by atoms with Crippen molar-refractivity contribution >= 4 is 29.3 Å². The normalized spacial score (nSPS) is 16.7. The molecule has 0 radical (unpaired) electrons. The molecule has 0 aliphatic carbocycles. The summed E-state index contributed by atoms with van der Waals surface area (Å²) >= 11 is 0. The lowest BCUT2D eigenvalue weighted by Gasteiger charge is -2.38. The summed E-state index contributed by atoms with van der Waals surface area (Å²) in [6.45, 7) is 2.60. The average Bonchev–Trinajstić information content (AvgIpc) is 3.77. The Hall–Kier alpha value is -5.33. The molecule has 2 aliphatic heterocycles. The highest BCUT2D eigenvalue weighted by Gasteiger charge is 2.42. The van der Waals surface area contributed by atoms with Gasteiger partial charge in [-0.3, -0.25) is 14.5 Å². The quantitative estimate of drug-likeness (QED) is 0.260. The molecule has 13 heteroatoms. The van der Waals surface area contributed by atoms with Gasteiger partial charge in [-0.25, -0.2) is 9.78 Å². The van der Waals surface area contributed by atoms with E-state index in [2.05, 4.69) is 15.2 Å². The Morgan fingerprint density at radius 3 is 2.19 bits per heavy atom. The second-order valence-electron chi connectivity index (χ2n) is 11.3. The first-order chi connectivity index (χ1) is 22.7. The summed E-state index contributed by atoms with van der Waals surface area (Å²) in [4.78, 5) is 48.3. The van der Waals surface area contributed by atoms with Crippen LogP contribution in [0, 0.1) is 0 Å². The third-order valence-electron chi connectivity index (χ3n) is 8.18. The van der Waals surface area contributed by atoms with Crippen molar-refractivity contribution < 1.29 is 36.7 Å². The maximum absolute atomic E-state index is 13.7. The molecule has 3 amide bonds. The molecule has 2 saturated heterocycles. The first-order valence-electron chi connectivity index (χ1n) is 15.2. The predicted molar refractivity (Wildman–Crippen MR) is 166 cm³/mol. The highest BCUT2D eigenvalue weighted by molar-refractivity contribution is 6.04. The van der Waals surface area contributed by atoms with Gasteiger partial charge >= 0.3 is 12.3 Å². The molecular weight excluding hydrogens is 615 g/mol. The fourth-order valence-corrected chi connectivity index (χ4v) is 5.76. The Labute approximate surface area is 268 Å². The molecule has 1 N–H and O–H groups in total. The molecule has 3 aromatic carbocycles. The number of hydrogen-bond donors (Lipinski definition) is 1. The molecule has 0 spiro atoms. The number of likely N-dealkylation sites (tertiary alicyclic amines) is 1. The van der Waals surface area contributed by atoms with Crippen LogP contribution in [0.5, 0.6) is 0 Å². The van der Waals surface area contributed by atoms with Gasteiger partial charge in [-0.2, -0.15) is 13.2 Å². The Bertz CT molecular complexity index is 1710. The number of alkyl halides is 3. The number of rotatable bonds is 7. The summed E-state index contributed by atoms with van der Waals surface area (Å²) in [7, 11) is 0. The van der Waals surface area contributed by atoms with E-state index in [0.717, 1.165) is 17.7 Å². The zero-order valence-corrected chi connectivity index (χ0v) is 25.3. The molecule has 4 aromatic rings. The van der Waals surface area contributed by atoms with Gasteiger partial charge in [-0.1, -0.05) is 48.5 Å². The number of carbonyl (C=O) groups excluding carboxylic acids is 3. The van der Waals surface area contributed by atoms with Crippen LogP contribution in [0.1, 0.15) is 34.7 Å². The number of halogens is 3. The van der Waals surface area contributed by atoms with Crippen molar-refractivity contribution in [1.29, 1.82) is 0 Å². The number of benzene rings is 3. The van der Waals surface area contributed by atoms with Gasteiger partial charge in [0.15, 0.2) is 5.69 Å². The second-order valence-corrected chi connectivity index (χ2v) is 11.3. The first-order valence-corrected chi connectivity index (χ1v) is 15.2. The van der Waals surface area contributed by atoms with Gasteiger partial charge in [-0.15, -0.1) is 0 Å². The molecular formula is C34H32F3N5O5. The van der Waals surface area contributed by atoms with E-state index in [1.54, 1.807) is 47.4 Å². The van der Waals surface area contributed by atoms with Crippen LogP contribution in [0.25, 0.3) is 11.5 Å². The zero-order valence-electron chi connectivity index (χ0n) is 25.3. The van der Waals surface area contributed by atoms with Gasteiger partial charge < -0.3 is 24.3 Å². The summed E-state index contributed by atoms with van der Waals surface area (Å²) < 4.78 is 51.5. The molecule has 6 rings (SSSR count). The predicted octanol–water partition coefficient (Wildman–Crippen LogP) is 6.06.